The van der Waals surface area contributed by atoms with E-state index in [4.69, 9.17) is 4.43 Å². The number of hydrogen-bond acceptors (Lipinski definition) is 2. The van der Waals surface area contributed by atoms with Crippen molar-refractivity contribution in [2.75, 3.05) is 6.61 Å². The fraction of sp³-hybridized carbons (Fsp3) is 0.875. The Hall–Kier alpha value is -0.123. The molecule has 110 valence electrons. The van der Waals surface area contributed by atoms with E-state index in [-0.39, 0.29) is 16.6 Å². The van der Waals surface area contributed by atoms with Gasteiger partial charge in [-0.1, -0.05) is 32.9 Å². The van der Waals surface area contributed by atoms with Crippen molar-refractivity contribution >= 4 is 8.32 Å². The van der Waals surface area contributed by atoms with Gasteiger partial charge in [-0.3, -0.25) is 0 Å². The van der Waals surface area contributed by atoms with Gasteiger partial charge in [0.1, 0.15) is 0 Å². The van der Waals surface area contributed by atoms with E-state index >= 15 is 0 Å². The Balaban J connectivity index is 2.09. The molecule has 1 saturated carbocycles. The van der Waals surface area contributed by atoms with Crippen LogP contribution in [0.1, 0.15) is 46.5 Å². The van der Waals surface area contributed by atoms with Gasteiger partial charge < -0.3 is 9.53 Å². The van der Waals surface area contributed by atoms with Gasteiger partial charge in [0, 0.05) is 12.0 Å². The van der Waals surface area contributed by atoms with Crippen LogP contribution in [0.2, 0.25) is 18.1 Å². The highest BCUT2D eigenvalue weighted by molar-refractivity contribution is 6.74. The second-order valence-corrected chi connectivity index (χ2v) is 12.9. The second kappa shape index (κ2) is 5.01. The summed E-state index contributed by atoms with van der Waals surface area (Å²) in [5, 5.41) is 10.3. The van der Waals surface area contributed by atoms with Crippen LogP contribution in [-0.4, -0.2) is 26.1 Å². The van der Waals surface area contributed by atoms with E-state index in [1.807, 2.05) is 0 Å². The van der Waals surface area contributed by atoms with Crippen molar-refractivity contribution in [3.05, 3.63) is 12.2 Å². The van der Waals surface area contributed by atoms with Crippen LogP contribution in [0.15, 0.2) is 12.2 Å². The lowest BCUT2D eigenvalue weighted by molar-refractivity contribution is 0.115. The highest BCUT2D eigenvalue weighted by atomic mass is 28.4. The first-order valence-corrected chi connectivity index (χ1v) is 10.6. The summed E-state index contributed by atoms with van der Waals surface area (Å²) in [7, 11) is -1.69. The van der Waals surface area contributed by atoms with Crippen LogP contribution >= 0.6 is 0 Å². The summed E-state index contributed by atoms with van der Waals surface area (Å²) in [6, 6.07) is 0. The van der Waals surface area contributed by atoms with Crippen molar-refractivity contribution in [2.45, 2.75) is 70.7 Å². The Labute approximate surface area is 119 Å². The molecule has 0 aromatic heterocycles. The molecule has 2 nitrogen and oxygen atoms in total. The van der Waals surface area contributed by atoms with E-state index in [1.54, 1.807) is 0 Å². The Bertz CT molecular complexity index is 356. The molecule has 2 aliphatic carbocycles. The van der Waals surface area contributed by atoms with Crippen molar-refractivity contribution < 1.29 is 9.53 Å². The molecule has 1 fully saturated rings. The molecule has 3 atom stereocenters. The third-order valence-corrected chi connectivity index (χ3v) is 10.1. The van der Waals surface area contributed by atoms with Gasteiger partial charge in [-0.05, 0) is 49.7 Å². The maximum absolute atomic E-state index is 10.0. The molecule has 0 bridgehead atoms. The third kappa shape index (κ3) is 2.98. The van der Waals surface area contributed by atoms with Crippen LogP contribution in [0, 0.1) is 11.3 Å². The SMILES string of the molecule is CC(C)(C)[Si](C)(C)OC[C@]12C=CCC[C@H]1C[C@@H](O)C2. The number of aliphatic hydroxyl groups excluding tert-OH is 1. The molecule has 0 spiro atoms. The molecule has 0 radical (unpaired) electrons. The summed E-state index contributed by atoms with van der Waals surface area (Å²) < 4.78 is 6.46. The van der Waals surface area contributed by atoms with E-state index < -0.39 is 8.32 Å². The monoisotopic (exact) mass is 282 g/mol. The Kier molecular flexibility index (Phi) is 4.03. The topological polar surface area (TPSA) is 29.5 Å². The number of hydrogen-bond donors (Lipinski definition) is 1. The number of fused-ring (bicyclic) bond motifs is 1. The minimum atomic E-state index is -1.69. The first-order chi connectivity index (χ1) is 8.66. The number of aliphatic hydroxyl groups is 1. The molecule has 19 heavy (non-hydrogen) atoms. The lowest BCUT2D eigenvalue weighted by atomic mass is 9.73. The van der Waals surface area contributed by atoms with Crippen LogP contribution < -0.4 is 0 Å². The highest BCUT2D eigenvalue weighted by Gasteiger charge is 2.48. The second-order valence-electron chi connectivity index (χ2n) is 8.05. The highest BCUT2D eigenvalue weighted by Crippen LogP contribution is 2.50. The van der Waals surface area contributed by atoms with Gasteiger partial charge in [-0.2, -0.15) is 0 Å². The molecule has 3 heteroatoms. The minimum absolute atomic E-state index is 0.118. The van der Waals surface area contributed by atoms with Gasteiger partial charge >= 0.3 is 0 Å². The number of allylic oxidation sites excluding steroid dienone is 1. The maximum Gasteiger partial charge on any atom is 0.192 e. The molecule has 0 saturated heterocycles. The van der Waals surface area contributed by atoms with Gasteiger partial charge in [0.15, 0.2) is 8.32 Å². The van der Waals surface area contributed by atoms with Crippen LogP contribution in [0.4, 0.5) is 0 Å². The van der Waals surface area contributed by atoms with E-state index in [0.717, 1.165) is 19.4 Å². The standard InChI is InChI=1S/C16H30O2Si/c1-15(2,3)19(4,5)18-12-16-9-7-6-8-13(16)10-14(17)11-16/h7,9,13-14,17H,6,8,10-12H2,1-5H3/t13-,14+,16+/m0/s1. The van der Waals surface area contributed by atoms with Crippen LogP contribution in [0.5, 0.6) is 0 Å². The van der Waals surface area contributed by atoms with Crippen molar-refractivity contribution in [3.8, 4) is 0 Å². The largest absolute Gasteiger partial charge is 0.416 e. The molecular weight excluding hydrogens is 252 g/mol. The van der Waals surface area contributed by atoms with Crippen LogP contribution in [-0.2, 0) is 4.43 Å². The first-order valence-electron chi connectivity index (χ1n) is 7.66. The van der Waals surface area contributed by atoms with E-state index in [1.165, 1.54) is 12.8 Å². The van der Waals surface area contributed by atoms with E-state index in [2.05, 4.69) is 46.0 Å². The van der Waals surface area contributed by atoms with Gasteiger partial charge in [0.05, 0.1) is 6.10 Å². The zero-order valence-electron chi connectivity index (χ0n) is 13.2. The molecular formula is C16H30O2Si. The summed E-state index contributed by atoms with van der Waals surface area (Å²) >= 11 is 0. The lowest BCUT2D eigenvalue weighted by Crippen LogP contribution is -2.44. The third-order valence-electron chi connectivity index (χ3n) is 5.62. The zero-order chi connectivity index (χ0) is 14.3. The van der Waals surface area contributed by atoms with Gasteiger partial charge in [-0.15, -0.1) is 0 Å². The Morgan fingerprint density at radius 3 is 2.68 bits per heavy atom. The quantitative estimate of drug-likeness (QED) is 0.623. The maximum atomic E-state index is 10.0. The van der Waals surface area contributed by atoms with Crippen molar-refractivity contribution in [2.24, 2.45) is 11.3 Å². The molecule has 0 unspecified atom stereocenters. The summed E-state index contributed by atoms with van der Waals surface area (Å²) in [5.41, 5.74) is 0.118. The van der Waals surface area contributed by atoms with Gasteiger partial charge in [-0.25, -0.2) is 0 Å². The summed E-state index contributed by atoms with van der Waals surface area (Å²) in [4.78, 5) is 0. The van der Waals surface area contributed by atoms with Crippen LogP contribution in [0.3, 0.4) is 0 Å². The molecule has 1 N–H and O–H groups in total. The molecule has 0 aromatic carbocycles. The average Bonchev–Trinajstić information content (AvgIpc) is 2.61. The summed E-state index contributed by atoms with van der Waals surface area (Å²) in [6.45, 7) is 12.3. The summed E-state index contributed by atoms with van der Waals surface area (Å²) in [5.74, 6) is 0.622. The van der Waals surface area contributed by atoms with Gasteiger partial charge in [0.2, 0.25) is 0 Å². The number of rotatable bonds is 3. The normalized spacial score (nSPS) is 35.5. The lowest BCUT2D eigenvalue weighted by Gasteiger charge is -2.42. The van der Waals surface area contributed by atoms with E-state index in [9.17, 15) is 5.11 Å². The predicted octanol–water partition coefficient (Wildman–Crippen LogP) is 4.12. The average molecular weight is 282 g/mol. The molecule has 0 aromatic rings. The molecule has 2 aliphatic rings. The fourth-order valence-corrected chi connectivity index (χ4v) is 4.30. The molecule has 0 heterocycles. The Morgan fingerprint density at radius 1 is 1.37 bits per heavy atom. The van der Waals surface area contributed by atoms with Crippen molar-refractivity contribution in [1.29, 1.82) is 0 Å². The smallest absolute Gasteiger partial charge is 0.192 e. The van der Waals surface area contributed by atoms with Crippen LogP contribution in [0.25, 0.3) is 0 Å². The molecule has 0 amide bonds. The molecule has 0 aliphatic heterocycles. The fourth-order valence-electron chi connectivity index (χ4n) is 3.23. The predicted molar refractivity (Wildman–Crippen MR) is 82.7 cm³/mol. The van der Waals surface area contributed by atoms with Crippen molar-refractivity contribution in [1.82, 2.24) is 0 Å². The first kappa shape index (κ1) is 15.3. The van der Waals surface area contributed by atoms with Gasteiger partial charge in [0.25, 0.3) is 0 Å². The molecule has 2 rings (SSSR count). The van der Waals surface area contributed by atoms with E-state index in [0.29, 0.717) is 5.92 Å². The van der Waals surface area contributed by atoms with Crippen molar-refractivity contribution in [3.63, 3.8) is 0 Å². The Morgan fingerprint density at radius 2 is 2.05 bits per heavy atom. The zero-order valence-corrected chi connectivity index (χ0v) is 14.2. The minimum Gasteiger partial charge on any atom is -0.416 e. The summed E-state index contributed by atoms with van der Waals surface area (Å²) in [6.07, 6.45) is 8.76.